The molecule has 0 aliphatic rings. The number of para-hydroxylation sites is 1. The van der Waals surface area contributed by atoms with Gasteiger partial charge in [0.1, 0.15) is 5.75 Å². The van der Waals surface area contributed by atoms with Crippen LogP contribution in [0.2, 0.25) is 5.02 Å². The monoisotopic (exact) mass is 395 g/mol. The topological polar surface area (TPSA) is 38.3 Å². The summed E-state index contributed by atoms with van der Waals surface area (Å²) in [5, 5.41) is 3.59. The molecule has 1 amide bonds. The summed E-state index contributed by atoms with van der Waals surface area (Å²) in [5.74, 6) is 0.409. The molecule has 0 saturated heterocycles. The molecular formula is C18H19BrClNO2. The van der Waals surface area contributed by atoms with E-state index in [0.29, 0.717) is 10.8 Å². The van der Waals surface area contributed by atoms with Crippen LogP contribution in [0.5, 0.6) is 5.75 Å². The Bertz CT molecular complexity index is 681. The predicted molar refractivity (Wildman–Crippen MR) is 98.5 cm³/mol. The summed E-state index contributed by atoms with van der Waals surface area (Å²) in [5.41, 5.74) is 3.16. The summed E-state index contributed by atoms with van der Waals surface area (Å²) in [6.07, 6.45) is 1.74. The number of halogens is 2. The van der Waals surface area contributed by atoms with Crippen molar-refractivity contribution in [3.8, 4) is 5.75 Å². The minimum atomic E-state index is -0.178. The molecule has 0 atom stereocenters. The van der Waals surface area contributed by atoms with Crippen LogP contribution in [0, 0.1) is 0 Å². The lowest BCUT2D eigenvalue weighted by molar-refractivity contribution is -0.118. The van der Waals surface area contributed by atoms with E-state index in [1.54, 1.807) is 18.2 Å². The summed E-state index contributed by atoms with van der Waals surface area (Å²) in [6.45, 7) is 4.10. The number of hydrogen-bond acceptors (Lipinski definition) is 2. The standard InChI is InChI=1S/C18H19BrClNO2/c1-3-12-6-5-7-13(4-2)18(12)21-17(22)11-23-16-9-8-14(20)10-15(16)19/h5-10H,3-4,11H2,1-2H3,(H,21,22). The van der Waals surface area contributed by atoms with Gasteiger partial charge in [-0.2, -0.15) is 0 Å². The van der Waals surface area contributed by atoms with Gasteiger partial charge in [-0.15, -0.1) is 0 Å². The molecule has 0 fully saturated rings. The Morgan fingerprint density at radius 1 is 1.17 bits per heavy atom. The van der Waals surface area contributed by atoms with Gasteiger partial charge in [0.25, 0.3) is 5.91 Å². The number of carbonyl (C=O) groups excluding carboxylic acids is 1. The maximum atomic E-state index is 12.2. The van der Waals surface area contributed by atoms with Gasteiger partial charge in [0.15, 0.2) is 6.61 Å². The van der Waals surface area contributed by atoms with Crippen molar-refractivity contribution in [3.05, 3.63) is 57.0 Å². The number of hydrogen-bond donors (Lipinski definition) is 1. The molecule has 0 heterocycles. The molecule has 1 N–H and O–H groups in total. The van der Waals surface area contributed by atoms with Crippen molar-refractivity contribution in [2.75, 3.05) is 11.9 Å². The minimum absolute atomic E-state index is 0.0541. The van der Waals surface area contributed by atoms with E-state index in [1.165, 1.54) is 0 Å². The number of amides is 1. The van der Waals surface area contributed by atoms with Gasteiger partial charge in [0, 0.05) is 10.7 Å². The fraction of sp³-hybridized carbons (Fsp3) is 0.278. The zero-order chi connectivity index (χ0) is 16.8. The molecule has 0 saturated carbocycles. The zero-order valence-electron chi connectivity index (χ0n) is 13.2. The van der Waals surface area contributed by atoms with Crippen molar-refractivity contribution in [2.45, 2.75) is 26.7 Å². The predicted octanol–water partition coefficient (Wildman–Crippen LogP) is 5.24. The highest BCUT2D eigenvalue weighted by atomic mass is 79.9. The van der Waals surface area contributed by atoms with Crippen molar-refractivity contribution in [3.63, 3.8) is 0 Å². The smallest absolute Gasteiger partial charge is 0.262 e. The summed E-state index contributed by atoms with van der Waals surface area (Å²) in [6, 6.07) is 11.3. The second kappa shape index (κ2) is 8.37. The first-order valence-corrected chi connectivity index (χ1v) is 8.70. The SMILES string of the molecule is CCc1cccc(CC)c1NC(=O)COc1ccc(Cl)cc1Br. The number of ether oxygens (including phenoxy) is 1. The Morgan fingerprint density at radius 2 is 1.83 bits per heavy atom. The molecule has 2 aromatic rings. The van der Waals surface area contributed by atoms with E-state index in [0.717, 1.165) is 34.1 Å². The molecule has 122 valence electrons. The van der Waals surface area contributed by atoms with Gasteiger partial charge >= 0.3 is 0 Å². The average Bonchev–Trinajstić information content (AvgIpc) is 2.54. The number of nitrogens with one attached hydrogen (secondary N) is 1. The van der Waals surface area contributed by atoms with Crippen molar-refractivity contribution in [1.29, 1.82) is 0 Å². The van der Waals surface area contributed by atoms with E-state index >= 15 is 0 Å². The van der Waals surface area contributed by atoms with Crippen LogP contribution in [0.4, 0.5) is 5.69 Å². The summed E-state index contributed by atoms with van der Waals surface area (Å²) < 4.78 is 6.28. The van der Waals surface area contributed by atoms with Crippen LogP contribution in [0.15, 0.2) is 40.9 Å². The maximum Gasteiger partial charge on any atom is 0.262 e. The molecule has 3 nitrogen and oxygen atoms in total. The molecule has 23 heavy (non-hydrogen) atoms. The van der Waals surface area contributed by atoms with Gasteiger partial charge in [0.05, 0.1) is 4.47 Å². The lowest BCUT2D eigenvalue weighted by atomic mass is 10.0. The molecule has 5 heteroatoms. The summed E-state index contributed by atoms with van der Waals surface area (Å²) >= 11 is 9.26. The van der Waals surface area contributed by atoms with Crippen LogP contribution >= 0.6 is 27.5 Å². The van der Waals surface area contributed by atoms with Gasteiger partial charge in [-0.1, -0.05) is 43.6 Å². The zero-order valence-corrected chi connectivity index (χ0v) is 15.5. The number of aryl methyl sites for hydroxylation is 2. The molecule has 2 aromatic carbocycles. The highest BCUT2D eigenvalue weighted by Crippen LogP contribution is 2.28. The molecule has 0 unspecified atom stereocenters. The number of anilines is 1. The quantitative estimate of drug-likeness (QED) is 0.724. The Kier molecular flexibility index (Phi) is 6.48. The number of benzene rings is 2. The maximum absolute atomic E-state index is 12.2. The number of rotatable bonds is 6. The van der Waals surface area contributed by atoms with Crippen LogP contribution in [0.3, 0.4) is 0 Å². The Balaban J connectivity index is 2.05. The molecule has 2 rings (SSSR count). The highest BCUT2D eigenvalue weighted by Gasteiger charge is 2.11. The van der Waals surface area contributed by atoms with Crippen LogP contribution in [0.25, 0.3) is 0 Å². The Hall–Kier alpha value is -1.52. The highest BCUT2D eigenvalue weighted by molar-refractivity contribution is 9.10. The average molecular weight is 397 g/mol. The van der Waals surface area contributed by atoms with Crippen molar-refractivity contribution < 1.29 is 9.53 Å². The fourth-order valence-corrected chi connectivity index (χ4v) is 3.11. The first kappa shape index (κ1) is 17.8. The van der Waals surface area contributed by atoms with Gasteiger partial charge < -0.3 is 10.1 Å². The van der Waals surface area contributed by atoms with E-state index < -0.39 is 0 Å². The fourth-order valence-electron chi connectivity index (χ4n) is 2.31. The molecular weight excluding hydrogens is 378 g/mol. The first-order chi connectivity index (χ1) is 11.0. The Labute approximate surface area is 150 Å². The number of carbonyl (C=O) groups is 1. The van der Waals surface area contributed by atoms with E-state index in [9.17, 15) is 4.79 Å². The second-order valence-corrected chi connectivity index (χ2v) is 6.36. The third kappa shape index (κ3) is 4.72. The first-order valence-electron chi connectivity index (χ1n) is 7.53. The van der Waals surface area contributed by atoms with Crippen molar-refractivity contribution in [2.24, 2.45) is 0 Å². The molecule has 0 aromatic heterocycles. The lowest BCUT2D eigenvalue weighted by Crippen LogP contribution is -2.21. The van der Waals surface area contributed by atoms with Crippen LogP contribution in [0.1, 0.15) is 25.0 Å². The van der Waals surface area contributed by atoms with Gasteiger partial charge in [-0.3, -0.25) is 4.79 Å². The van der Waals surface area contributed by atoms with E-state index in [1.807, 2.05) is 18.2 Å². The second-order valence-electron chi connectivity index (χ2n) is 5.07. The van der Waals surface area contributed by atoms with Gasteiger partial charge in [0.2, 0.25) is 0 Å². The van der Waals surface area contributed by atoms with Crippen LogP contribution in [-0.2, 0) is 17.6 Å². The largest absolute Gasteiger partial charge is 0.483 e. The minimum Gasteiger partial charge on any atom is -0.483 e. The lowest BCUT2D eigenvalue weighted by Gasteiger charge is -2.15. The van der Waals surface area contributed by atoms with Crippen molar-refractivity contribution >= 4 is 39.1 Å². The van der Waals surface area contributed by atoms with Gasteiger partial charge in [-0.25, -0.2) is 0 Å². The van der Waals surface area contributed by atoms with E-state index in [4.69, 9.17) is 16.3 Å². The molecule has 0 spiro atoms. The van der Waals surface area contributed by atoms with Crippen LogP contribution < -0.4 is 10.1 Å². The van der Waals surface area contributed by atoms with E-state index in [2.05, 4.69) is 35.1 Å². The Morgan fingerprint density at radius 3 is 2.39 bits per heavy atom. The third-order valence-electron chi connectivity index (χ3n) is 3.52. The third-order valence-corrected chi connectivity index (χ3v) is 4.37. The van der Waals surface area contributed by atoms with Gasteiger partial charge in [-0.05, 0) is 58.1 Å². The molecule has 0 bridgehead atoms. The summed E-state index contributed by atoms with van der Waals surface area (Å²) in [7, 11) is 0. The normalized spacial score (nSPS) is 10.4. The van der Waals surface area contributed by atoms with Crippen LogP contribution in [-0.4, -0.2) is 12.5 Å². The molecule has 0 radical (unpaired) electrons. The molecule has 0 aliphatic heterocycles. The molecule has 0 aliphatic carbocycles. The van der Waals surface area contributed by atoms with Crippen molar-refractivity contribution in [1.82, 2.24) is 0 Å². The summed E-state index contributed by atoms with van der Waals surface area (Å²) in [4.78, 5) is 12.2. The van der Waals surface area contributed by atoms with E-state index in [-0.39, 0.29) is 12.5 Å².